The maximum absolute atomic E-state index is 13.1. The molecule has 3 atom stereocenters. The van der Waals surface area contributed by atoms with Gasteiger partial charge in [-0.15, -0.1) is 0 Å². The number of anilines is 4. The van der Waals surface area contributed by atoms with Crippen molar-refractivity contribution >= 4 is 110 Å². The molecular weight excluding hydrogens is 1530 g/mol. The Morgan fingerprint density at radius 1 is 0.609 bits per heavy atom. The number of amides is 6. The summed E-state index contributed by atoms with van der Waals surface area (Å²) < 4.78 is 109. The number of carbonyl (C=O) groups is 5. The number of urea groups is 1. The van der Waals surface area contributed by atoms with Gasteiger partial charge in [0.25, 0.3) is 17.1 Å². The smallest absolute Gasteiger partial charge is 0.308 e. The zero-order valence-electron chi connectivity index (χ0n) is 62.6. The molecule has 35 heteroatoms. The zero-order chi connectivity index (χ0) is 80.0. The highest BCUT2D eigenvalue weighted by Crippen LogP contribution is 2.50. The van der Waals surface area contributed by atoms with Gasteiger partial charge in [0.2, 0.25) is 17.7 Å². The number of imide groups is 1. The minimum absolute atomic E-state index is 0.0127. The van der Waals surface area contributed by atoms with Crippen LogP contribution in [0.15, 0.2) is 147 Å². The van der Waals surface area contributed by atoms with Crippen LogP contribution in [0.2, 0.25) is 5.15 Å². The molecule has 2 fully saturated rings. The summed E-state index contributed by atoms with van der Waals surface area (Å²) in [4.78, 5) is 86.9. The highest BCUT2D eigenvalue weighted by molar-refractivity contribution is 8.13. The van der Waals surface area contributed by atoms with Gasteiger partial charge in [-0.1, -0.05) is 55.4 Å². The molecular formula is C75H89ClF7N17O6S4. The van der Waals surface area contributed by atoms with Crippen LogP contribution in [0.5, 0.6) is 0 Å². The molecule has 8 heterocycles. The summed E-state index contributed by atoms with van der Waals surface area (Å²) in [5.41, 5.74) is 5.53. The lowest BCUT2D eigenvalue weighted by atomic mass is 10.1. The standard InChI is InChI=1S/C21H20ClF3N4OS.C18H22F2N4O2S.C18H22F2N4OS.C18H25N5O2S/c1-2-28(18-13-29(27-20(18)22)16-7-5-10-26-12-16)19(30)9-11-31-14-15-6-3-4-8-17(15)21(23,24)25;1-3-24(17(25)6-8-27(26)12-14-10-18(14,19)20)16-9-15(22-23(16)2)13-5-4-7-21-11-13;1-3-24(17(25)6-8-26-12-14-10-18(14,19)20)16-9-15(22-23(16)2)13-5-4-7-21-11-13;1-6-23(18(25)26-12-13(2)3)17(24)21(4)16-10-15(20-22(16)5)14-8-7-9-19-11-14/h3-8,10,12-13H,2,9,11,14H2,1H3;4-5,7,9,11,14H,3,6,8,10,12H2,1-2H3;4-5,7,9,11,14H,3,6,8,10,12H2,1-2H3;7-11,13H,6,12H2,1-5H3. The molecule has 0 N–H and O–H groups in total. The van der Waals surface area contributed by atoms with E-state index in [4.69, 9.17) is 11.6 Å². The summed E-state index contributed by atoms with van der Waals surface area (Å²) >= 11 is 10.1. The maximum Gasteiger partial charge on any atom is 0.416 e. The number of pyridine rings is 4. The summed E-state index contributed by atoms with van der Waals surface area (Å²) in [7, 11) is 5.55. The quantitative estimate of drug-likeness (QED) is 0.0312. The predicted octanol–water partition coefficient (Wildman–Crippen LogP) is 15.7. The van der Waals surface area contributed by atoms with Crippen molar-refractivity contribution in [1.82, 2.24) is 64.0 Å². The third-order valence-electron chi connectivity index (χ3n) is 17.3. The predicted molar refractivity (Wildman–Crippen MR) is 421 cm³/mol. The first-order chi connectivity index (χ1) is 52.4. The van der Waals surface area contributed by atoms with Gasteiger partial charge in [-0.05, 0) is 93.8 Å². The van der Waals surface area contributed by atoms with Gasteiger partial charge in [0.05, 0.1) is 40.7 Å². The van der Waals surface area contributed by atoms with Crippen molar-refractivity contribution in [2.24, 2.45) is 38.9 Å². The molecule has 6 amide bonds. The van der Waals surface area contributed by atoms with Crippen LogP contribution >= 0.6 is 46.9 Å². The van der Waals surface area contributed by atoms with Crippen LogP contribution in [0, 0.1) is 17.8 Å². The zero-order valence-corrected chi connectivity index (χ0v) is 66.6. The number of aromatic nitrogens is 12. The Hall–Kier alpha value is -8.99. The molecule has 0 saturated heterocycles. The van der Waals surface area contributed by atoms with Crippen molar-refractivity contribution in [3.8, 4) is 39.5 Å². The molecule has 2 aliphatic carbocycles. The van der Waals surface area contributed by atoms with Crippen molar-refractivity contribution in [3.05, 3.63) is 163 Å². The number of rotatable bonds is 29. The molecule has 0 spiro atoms. The summed E-state index contributed by atoms with van der Waals surface area (Å²) in [6, 6.07) is 25.4. The van der Waals surface area contributed by atoms with Gasteiger partial charge in [0.1, 0.15) is 23.1 Å². The summed E-state index contributed by atoms with van der Waals surface area (Å²) in [6.45, 7) is 13.1. The van der Waals surface area contributed by atoms with E-state index in [1.54, 1.807) is 138 Å². The van der Waals surface area contributed by atoms with Crippen LogP contribution in [-0.2, 0) is 58.3 Å². The fourth-order valence-corrected chi connectivity index (χ4v) is 15.6. The van der Waals surface area contributed by atoms with Crippen LogP contribution in [0.25, 0.3) is 39.5 Å². The van der Waals surface area contributed by atoms with Crippen molar-refractivity contribution in [2.75, 3.05) is 87.3 Å². The van der Waals surface area contributed by atoms with E-state index in [0.717, 1.165) is 40.0 Å². The molecule has 1 aromatic carbocycles. The first-order valence-corrected chi connectivity index (χ1v) is 40.6. The number of alkyl halides is 7. The van der Waals surface area contributed by atoms with Crippen LogP contribution in [0.3, 0.4) is 0 Å². The van der Waals surface area contributed by atoms with E-state index in [9.17, 15) is 58.9 Å². The number of carbonyl (C=O) groups excluding carboxylic acids is 5. The number of halogens is 8. The average molecular weight is 1620 g/mol. The van der Waals surface area contributed by atoms with Crippen LogP contribution in [-0.4, -0.2) is 177 Å². The molecule has 0 radical (unpaired) electrons. The third-order valence-corrected chi connectivity index (χ3v) is 22.4. The van der Waals surface area contributed by atoms with E-state index in [1.807, 2.05) is 89.2 Å². The first kappa shape index (κ1) is 86.6. The first-order valence-electron chi connectivity index (χ1n) is 35.4. The highest BCUT2D eigenvalue weighted by Gasteiger charge is 2.57. The highest BCUT2D eigenvalue weighted by atomic mass is 35.5. The van der Waals surface area contributed by atoms with Gasteiger partial charge in [0, 0.05) is 228 Å². The third kappa shape index (κ3) is 24.3. The van der Waals surface area contributed by atoms with Gasteiger partial charge in [-0.3, -0.25) is 77.0 Å². The van der Waals surface area contributed by atoms with Gasteiger partial charge >= 0.3 is 12.2 Å². The fraction of sp³-hybridized carbons (Fsp3) is 0.427. The fourth-order valence-electron chi connectivity index (χ4n) is 11.1. The van der Waals surface area contributed by atoms with Gasteiger partial charge < -0.3 is 4.90 Å². The van der Waals surface area contributed by atoms with Crippen LogP contribution in [0.4, 0.5) is 63.5 Å². The van der Waals surface area contributed by atoms with Gasteiger partial charge in [-0.2, -0.15) is 57.1 Å². The number of hydrogen-bond acceptors (Lipinski definition) is 17. The second kappa shape index (κ2) is 40.3. The summed E-state index contributed by atoms with van der Waals surface area (Å²) in [6.07, 6.45) is 11.1. The van der Waals surface area contributed by atoms with E-state index in [0.29, 0.717) is 90.2 Å². The average Bonchev–Trinajstić information content (AvgIpc) is 1.63. The lowest BCUT2D eigenvalue weighted by Crippen LogP contribution is -2.44. The Morgan fingerprint density at radius 3 is 1.53 bits per heavy atom. The second-order valence-corrected chi connectivity index (χ2v) is 31.1. The summed E-state index contributed by atoms with van der Waals surface area (Å²) in [5.74, 6) is -2.26. The molecule has 8 aromatic heterocycles. The van der Waals surface area contributed by atoms with Crippen LogP contribution in [0.1, 0.15) is 84.8 Å². The van der Waals surface area contributed by atoms with Crippen molar-refractivity contribution < 1.29 is 58.9 Å². The van der Waals surface area contributed by atoms with E-state index < -0.39 is 46.2 Å². The molecule has 0 bridgehead atoms. The number of thioether (sulfide) groups is 3. The van der Waals surface area contributed by atoms with E-state index >= 15 is 0 Å². The minimum Gasteiger partial charge on any atom is -0.308 e. The van der Waals surface area contributed by atoms with E-state index in [-0.39, 0.29) is 82.7 Å². The Bertz CT molecular complexity index is 4520. The molecule has 110 heavy (non-hydrogen) atoms. The van der Waals surface area contributed by atoms with Gasteiger partial charge in [0.15, 0.2) is 5.15 Å². The molecule has 590 valence electrons. The lowest BCUT2D eigenvalue weighted by Gasteiger charge is -2.25. The van der Waals surface area contributed by atoms with Gasteiger partial charge in [-0.25, -0.2) is 27.0 Å². The van der Waals surface area contributed by atoms with E-state index in [2.05, 4.69) is 40.3 Å². The lowest BCUT2D eigenvalue weighted by molar-refractivity contribution is -0.138. The molecule has 2 aliphatic rings. The topological polar surface area (TPSA) is 241 Å². The number of aryl methyl sites for hydroxylation is 3. The molecule has 11 rings (SSSR count). The normalized spacial score (nSPS) is 14.7. The molecule has 3 unspecified atom stereocenters. The van der Waals surface area contributed by atoms with Crippen LogP contribution < -0.4 is 19.6 Å². The molecule has 23 nitrogen and oxygen atoms in total. The number of hydrogen-bond donors (Lipinski definition) is 0. The number of benzene rings is 1. The minimum atomic E-state index is -4.39. The maximum atomic E-state index is 13.1. The molecule has 2 saturated carbocycles. The monoisotopic (exact) mass is 1620 g/mol. The number of nitrogens with zero attached hydrogens (tertiary/aromatic N) is 17. The van der Waals surface area contributed by atoms with Crippen molar-refractivity contribution in [2.45, 2.75) is 97.4 Å². The second-order valence-electron chi connectivity index (χ2n) is 25.9. The SMILES string of the molecule is CCN(C(=O)CCS(=O)CC1CC1(F)F)c1cc(-c2cccnc2)nn1C.CCN(C(=O)CCSCC1CC1(F)F)c1cc(-c2cccnc2)nn1C.CCN(C(=O)CCSCc1ccccc1C(F)(F)F)c1cn(-c2cccnc2)nc1Cl.CCN(C(=O)SCC(C)C)C(=O)N(C)c1cc(-c2cccnc2)nn1C. The molecule has 0 aliphatic heterocycles. The Kier molecular flexibility index (Phi) is 31.7. The van der Waals surface area contributed by atoms with Crippen molar-refractivity contribution in [1.29, 1.82) is 0 Å². The molecule has 9 aromatic rings. The Morgan fingerprint density at radius 2 is 1.07 bits per heavy atom. The summed E-state index contributed by atoms with van der Waals surface area (Å²) in [5, 5.41) is 17.5. The van der Waals surface area contributed by atoms with E-state index in [1.165, 1.54) is 62.1 Å². The Balaban J connectivity index is 0.000000185. The Labute approximate surface area is 655 Å². The van der Waals surface area contributed by atoms with Crippen molar-refractivity contribution in [3.63, 3.8) is 0 Å². The largest absolute Gasteiger partial charge is 0.416 e.